The third-order valence-corrected chi connectivity index (χ3v) is 5.11. The van der Waals surface area contributed by atoms with Gasteiger partial charge in [0.1, 0.15) is 11.6 Å². The van der Waals surface area contributed by atoms with Crippen LogP contribution in [0.15, 0.2) is 103 Å². The second kappa shape index (κ2) is 10.9. The molecule has 0 unspecified atom stereocenters. The van der Waals surface area contributed by atoms with E-state index in [9.17, 15) is 14.0 Å². The second-order valence-corrected chi connectivity index (χ2v) is 7.58. The molecule has 34 heavy (non-hydrogen) atoms. The number of benzene rings is 4. The summed E-state index contributed by atoms with van der Waals surface area (Å²) in [5.74, 6) is -0.605. The highest BCUT2D eigenvalue weighted by molar-refractivity contribution is 6.08. The SMILES string of the molecule is O=C(Nc1ccc(F)cc1)c1cccc(NC(=O)c2ccccc2OCCc2ccccc2)c1. The van der Waals surface area contributed by atoms with Crippen molar-refractivity contribution in [1.29, 1.82) is 0 Å². The number of halogens is 1. The third-order valence-electron chi connectivity index (χ3n) is 5.11. The van der Waals surface area contributed by atoms with Crippen LogP contribution in [0.25, 0.3) is 0 Å². The zero-order chi connectivity index (χ0) is 23.8. The number of carbonyl (C=O) groups is 2. The van der Waals surface area contributed by atoms with Crippen LogP contribution < -0.4 is 15.4 Å². The molecule has 4 aromatic carbocycles. The van der Waals surface area contributed by atoms with Crippen LogP contribution in [0, 0.1) is 5.82 Å². The number of amides is 2. The minimum absolute atomic E-state index is 0.341. The largest absolute Gasteiger partial charge is 0.492 e. The summed E-state index contributed by atoms with van der Waals surface area (Å²) in [5, 5.41) is 5.53. The summed E-state index contributed by atoms with van der Waals surface area (Å²) < 4.78 is 19.0. The molecule has 4 rings (SSSR count). The average molecular weight is 455 g/mol. The molecule has 0 aliphatic rings. The molecular formula is C28H23FN2O3. The van der Waals surface area contributed by atoms with Gasteiger partial charge in [-0.15, -0.1) is 0 Å². The lowest BCUT2D eigenvalue weighted by molar-refractivity contribution is 0.101. The number of ether oxygens (including phenoxy) is 1. The molecule has 0 heterocycles. The van der Waals surface area contributed by atoms with Crippen LogP contribution in [-0.2, 0) is 6.42 Å². The Balaban J connectivity index is 1.41. The number of hydrogen-bond acceptors (Lipinski definition) is 3. The minimum atomic E-state index is -0.382. The van der Waals surface area contributed by atoms with E-state index >= 15 is 0 Å². The Morgan fingerprint density at radius 1 is 0.706 bits per heavy atom. The van der Waals surface area contributed by atoms with Gasteiger partial charge in [-0.3, -0.25) is 9.59 Å². The third kappa shape index (κ3) is 6.07. The first kappa shape index (κ1) is 22.7. The standard InChI is InChI=1S/C28H23FN2O3/c29-22-13-15-23(16-14-22)30-27(32)21-9-6-10-24(19-21)31-28(33)25-11-4-5-12-26(25)34-18-17-20-7-2-1-3-8-20/h1-16,19H,17-18H2,(H,30,32)(H,31,33). The lowest BCUT2D eigenvalue weighted by Crippen LogP contribution is -2.16. The van der Waals surface area contributed by atoms with Crippen LogP contribution in [0.3, 0.4) is 0 Å². The Hall–Kier alpha value is -4.45. The highest BCUT2D eigenvalue weighted by atomic mass is 19.1. The second-order valence-electron chi connectivity index (χ2n) is 7.58. The van der Waals surface area contributed by atoms with Gasteiger partial charge in [0.2, 0.25) is 0 Å². The molecule has 0 saturated carbocycles. The molecule has 170 valence electrons. The van der Waals surface area contributed by atoms with Gasteiger partial charge in [-0.1, -0.05) is 48.5 Å². The lowest BCUT2D eigenvalue weighted by atomic mass is 10.1. The van der Waals surface area contributed by atoms with Crippen LogP contribution in [-0.4, -0.2) is 18.4 Å². The molecule has 0 spiro atoms. The average Bonchev–Trinajstić information content (AvgIpc) is 2.86. The molecule has 0 aliphatic carbocycles. The smallest absolute Gasteiger partial charge is 0.259 e. The molecular weight excluding hydrogens is 431 g/mol. The molecule has 0 saturated heterocycles. The van der Waals surface area contributed by atoms with E-state index in [1.165, 1.54) is 24.3 Å². The first-order valence-electron chi connectivity index (χ1n) is 10.8. The van der Waals surface area contributed by atoms with E-state index in [4.69, 9.17) is 4.74 Å². The number of hydrogen-bond donors (Lipinski definition) is 2. The van der Waals surface area contributed by atoms with Gasteiger partial charge in [-0.25, -0.2) is 4.39 Å². The monoisotopic (exact) mass is 454 g/mol. The van der Waals surface area contributed by atoms with Crippen LogP contribution in [0.1, 0.15) is 26.3 Å². The van der Waals surface area contributed by atoms with Gasteiger partial charge in [0.15, 0.2) is 0 Å². The van der Waals surface area contributed by atoms with Crippen molar-refractivity contribution < 1.29 is 18.7 Å². The fourth-order valence-corrected chi connectivity index (χ4v) is 3.38. The zero-order valence-corrected chi connectivity index (χ0v) is 18.3. The van der Waals surface area contributed by atoms with E-state index in [-0.39, 0.29) is 17.6 Å². The number of anilines is 2. The molecule has 0 fully saturated rings. The van der Waals surface area contributed by atoms with Gasteiger partial charge in [-0.05, 0) is 60.2 Å². The molecule has 0 atom stereocenters. The Labute approximate surface area is 197 Å². The van der Waals surface area contributed by atoms with Crippen LogP contribution >= 0.6 is 0 Å². The van der Waals surface area contributed by atoms with Crippen LogP contribution in [0.2, 0.25) is 0 Å². The molecule has 6 heteroatoms. The summed E-state index contributed by atoms with van der Waals surface area (Å²) in [5.41, 5.74) is 2.85. The number of carbonyl (C=O) groups excluding carboxylic acids is 2. The van der Waals surface area contributed by atoms with Crippen LogP contribution in [0.5, 0.6) is 5.75 Å². The molecule has 2 amide bonds. The zero-order valence-electron chi connectivity index (χ0n) is 18.3. The molecule has 0 radical (unpaired) electrons. The summed E-state index contributed by atoms with van der Waals surface area (Å²) in [6.07, 6.45) is 0.724. The van der Waals surface area contributed by atoms with E-state index < -0.39 is 0 Å². The first-order chi connectivity index (χ1) is 16.6. The van der Waals surface area contributed by atoms with Crippen molar-refractivity contribution in [3.8, 4) is 5.75 Å². The normalized spacial score (nSPS) is 10.4. The molecule has 0 bridgehead atoms. The van der Waals surface area contributed by atoms with Crippen molar-refractivity contribution in [2.45, 2.75) is 6.42 Å². The predicted octanol–water partition coefficient (Wildman–Crippen LogP) is 5.95. The summed E-state index contributed by atoms with van der Waals surface area (Å²) >= 11 is 0. The van der Waals surface area contributed by atoms with Gasteiger partial charge >= 0.3 is 0 Å². The number of para-hydroxylation sites is 1. The maximum absolute atomic E-state index is 13.1. The summed E-state index contributed by atoms with van der Waals surface area (Å²) in [6.45, 7) is 0.438. The molecule has 5 nitrogen and oxygen atoms in total. The molecule has 0 aromatic heterocycles. The fourth-order valence-electron chi connectivity index (χ4n) is 3.38. The van der Waals surface area contributed by atoms with Crippen molar-refractivity contribution >= 4 is 23.2 Å². The van der Waals surface area contributed by atoms with Gasteiger partial charge in [0.05, 0.1) is 12.2 Å². The summed E-state index contributed by atoms with van der Waals surface area (Å²) in [4.78, 5) is 25.5. The van der Waals surface area contributed by atoms with E-state index in [0.29, 0.717) is 34.9 Å². The van der Waals surface area contributed by atoms with Gasteiger partial charge in [0, 0.05) is 23.4 Å². The first-order valence-corrected chi connectivity index (χ1v) is 10.8. The van der Waals surface area contributed by atoms with E-state index in [0.717, 1.165) is 12.0 Å². The Kier molecular flexibility index (Phi) is 7.30. The quantitative estimate of drug-likeness (QED) is 0.346. The predicted molar refractivity (Wildman–Crippen MR) is 131 cm³/mol. The topological polar surface area (TPSA) is 67.4 Å². The number of rotatable bonds is 8. The molecule has 4 aromatic rings. The number of nitrogens with one attached hydrogen (secondary N) is 2. The van der Waals surface area contributed by atoms with Crippen molar-refractivity contribution in [3.05, 3.63) is 126 Å². The van der Waals surface area contributed by atoms with Crippen molar-refractivity contribution in [2.24, 2.45) is 0 Å². The van der Waals surface area contributed by atoms with Crippen molar-refractivity contribution in [2.75, 3.05) is 17.2 Å². The maximum atomic E-state index is 13.1. The van der Waals surface area contributed by atoms with E-state index in [1.807, 2.05) is 36.4 Å². The lowest BCUT2D eigenvalue weighted by Gasteiger charge is -2.12. The summed E-state index contributed by atoms with van der Waals surface area (Å²) in [7, 11) is 0. The molecule has 0 aliphatic heterocycles. The highest BCUT2D eigenvalue weighted by Gasteiger charge is 2.14. The van der Waals surface area contributed by atoms with Gasteiger partial charge in [-0.2, -0.15) is 0 Å². The fraction of sp³-hybridized carbons (Fsp3) is 0.0714. The molecule has 2 N–H and O–H groups in total. The van der Waals surface area contributed by atoms with Crippen molar-refractivity contribution in [1.82, 2.24) is 0 Å². The van der Waals surface area contributed by atoms with E-state index in [2.05, 4.69) is 10.6 Å². The van der Waals surface area contributed by atoms with E-state index in [1.54, 1.807) is 42.5 Å². The Morgan fingerprint density at radius 2 is 1.41 bits per heavy atom. The van der Waals surface area contributed by atoms with Gasteiger partial charge in [0.25, 0.3) is 11.8 Å². The van der Waals surface area contributed by atoms with Crippen LogP contribution in [0.4, 0.5) is 15.8 Å². The Morgan fingerprint density at radius 3 is 2.21 bits per heavy atom. The Bertz CT molecular complexity index is 1270. The maximum Gasteiger partial charge on any atom is 0.259 e. The summed E-state index contributed by atoms with van der Waals surface area (Å²) in [6, 6.07) is 29.1. The highest BCUT2D eigenvalue weighted by Crippen LogP contribution is 2.21. The van der Waals surface area contributed by atoms with Crippen molar-refractivity contribution in [3.63, 3.8) is 0 Å². The minimum Gasteiger partial charge on any atom is -0.492 e. The van der Waals surface area contributed by atoms with Gasteiger partial charge < -0.3 is 15.4 Å².